The maximum atomic E-state index is 14.7. The van der Waals surface area contributed by atoms with Gasteiger partial charge in [-0.2, -0.15) is 0 Å². The fraction of sp³-hybridized carbons (Fsp3) is 0.406. The van der Waals surface area contributed by atoms with Crippen LogP contribution >= 0.6 is 23.2 Å². The van der Waals surface area contributed by atoms with Gasteiger partial charge in [0.05, 0.1) is 23.5 Å². The Morgan fingerprint density at radius 1 is 0.976 bits per heavy atom. The van der Waals surface area contributed by atoms with Gasteiger partial charge in [-0.25, -0.2) is 4.79 Å². The van der Waals surface area contributed by atoms with Gasteiger partial charge in [0.2, 0.25) is 5.91 Å². The number of fused-ring (bicyclic) bond motifs is 2. The third-order valence-electron chi connectivity index (χ3n) is 8.70. The molecule has 3 aliphatic heterocycles. The van der Waals surface area contributed by atoms with Crippen molar-refractivity contribution in [2.45, 2.75) is 58.4 Å². The van der Waals surface area contributed by atoms with Crippen molar-refractivity contribution >= 4 is 41.0 Å². The van der Waals surface area contributed by atoms with Gasteiger partial charge in [0.1, 0.15) is 28.7 Å². The van der Waals surface area contributed by atoms with Gasteiger partial charge < -0.3 is 14.4 Å². The monoisotopic (exact) mass is 608 g/mol. The van der Waals surface area contributed by atoms with E-state index < -0.39 is 23.1 Å². The van der Waals surface area contributed by atoms with Gasteiger partial charge in [-0.05, 0) is 69.2 Å². The normalized spacial score (nSPS) is 28.5. The fourth-order valence-corrected chi connectivity index (χ4v) is 6.96. The van der Waals surface area contributed by atoms with Crippen molar-refractivity contribution in [3.05, 3.63) is 92.9 Å². The molecular weight excluding hydrogens is 575 g/mol. The summed E-state index contributed by atoms with van der Waals surface area (Å²) >= 11 is 12.5. The quantitative estimate of drug-likeness (QED) is 0.377. The van der Waals surface area contributed by atoms with Crippen molar-refractivity contribution in [2.24, 2.45) is 10.4 Å². The Bertz CT molecular complexity index is 1550. The molecule has 1 aliphatic carbocycles. The highest BCUT2D eigenvalue weighted by Gasteiger charge is 2.64. The summed E-state index contributed by atoms with van der Waals surface area (Å²) in [6, 6.07) is 14.0. The number of ether oxygens (including phenoxy) is 2. The number of methoxy groups -OCH3 is 1. The van der Waals surface area contributed by atoms with Gasteiger partial charge in [0.15, 0.2) is 0 Å². The number of urea groups is 1. The number of benzene rings is 2. The third-order valence-corrected chi connectivity index (χ3v) is 9.20. The van der Waals surface area contributed by atoms with Crippen LogP contribution in [-0.4, -0.2) is 64.4 Å². The summed E-state index contributed by atoms with van der Waals surface area (Å²) in [5.74, 6) is 1.07. The number of halogens is 2. The second kappa shape index (κ2) is 10.1. The van der Waals surface area contributed by atoms with Crippen molar-refractivity contribution in [3.8, 4) is 0 Å². The van der Waals surface area contributed by atoms with Crippen LogP contribution in [0.4, 0.5) is 4.79 Å². The number of hydrogen-bond acceptors (Lipinski definition) is 5. The van der Waals surface area contributed by atoms with Crippen LogP contribution in [0, 0.1) is 5.41 Å². The van der Waals surface area contributed by atoms with Gasteiger partial charge >= 0.3 is 6.03 Å². The highest BCUT2D eigenvalue weighted by molar-refractivity contribution is 6.30. The molecule has 4 atom stereocenters. The molecule has 2 aromatic carbocycles. The second-order valence-electron chi connectivity index (χ2n) is 11.7. The largest absolute Gasteiger partial charge is 0.494 e. The highest BCUT2D eigenvalue weighted by Crippen LogP contribution is 2.58. The molecule has 1 fully saturated rings. The first-order chi connectivity index (χ1) is 19.9. The number of amides is 3. The first kappa shape index (κ1) is 28.8. The van der Waals surface area contributed by atoms with E-state index in [2.05, 4.69) is 0 Å². The van der Waals surface area contributed by atoms with Gasteiger partial charge in [-0.15, -0.1) is 0 Å². The van der Waals surface area contributed by atoms with Crippen LogP contribution in [-0.2, 0) is 14.3 Å². The first-order valence-corrected chi connectivity index (χ1v) is 14.8. The van der Waals surface area contributed by atoms with Crippen molar-refractivity contribution in [3.63, 3.8) is 0 Å². The van der Waals surface area contributed by atoms with Crippen LogP contribution in [0.3, 0.4) is 0 Å². The molecule has 10 heteroatoms. The summed E-state index contributed by atoms with van der Waals surface area (Å²) in [5.41, 5.74) is 1.11. The van der Waals surface area contributed by atoms with Crippen molar-refractivity contribution in [2.75, 3.05) is 20.2 Å². The van der Waals surface area contributed by atoms with E-state index in [-0.39, 0.29) is 18.0 Å². The average Bonchev–Trinajstić information content (AvgIpc) is 3.36. The van der Waals surface area contributed by atoms with E-state index in [1.54, 1.807) is 21.8 Å². The molecule has 220 valence electrons. The fourth-order valence-electron chi connectivity index (χ4n) is 6.71. The maximum Gasteiger partial charge on any atom is 0.330 e. The molecule has 0 N–H and O–H groups in total. The Morgan fingerprint density at radius 2 is 1.57 bits per heavy atom. The van der Waals surface area contributed by atoms with Gasteiger partial charge in [0.25, 0.3) is 0 Å². The lowest BCUT2D eigenvalue weighted by Crippen LogP contribution is -2.66. The molecule has 4 aliphatic rings. The molecule has 0 bridgehead atoms. The second-order valence-corrected chi connectivity index (χ2v) is 12.6. The minimum Gasteiger partial charge on any atom is -0.494 e. The van der Waals surface area contributed by atoms with Gasteiger partial charge in [-0.3, -0.25) is 19.6 Å². The molecule has 6 rings (SSSR count). The average molecular weight is 610 g/mol. The number of aliphatic imine (C=N–C) groups is 1. The van der Waals surface area contributed by atoms with E-state index in [9.17, 15) is 9.59 Å². The topological polar surface area (TPSA) is 74.7 Å². The van der Waals surface area contributed by atoms with Crippen LogP contribution in [0.25, 0.3) is 0 Å². The number of hydrogen-bond donors (Lipinski definition) is 0. The lowest BCUT2D eigenvalue weighted by molar-refractivity contribution is -0.130. The zero-order valence-electron chi connectivity index (χ0n) is 24.5. The van der Waals surface area contributed by atoms with Crippen LogP contribution < -0.4 is 0 Å². The molecule has 3 heterocycles. The van der Waals surface area contributed by atoms with E-state index in [0.717, 1.165) is 11.1 Å². The van der Waals surface area contributed by atoms with Crippen LogP contribution in [0.15, 0.2) is 76.8 Å². The zero-order valence-corrected chi connectivity index (χ0v) is 26.0. The third kappa shape index (κ3) is 4.18. The Balaban J connectivity index is 1.65. The molecule has 3 amide bonds. The molecule has 2 aromatic rings. The van der Waals surface area contributed by atoms with Crippen molar-refractivity contribution in [1.29, 1.82) is 0 Å². The molecular formula is C32H34Cl2N4O4. The lowest BCUT2D eigenvalue weighted by Gasteiger charge is -2.56. The van der Waals surface area contributed by atoms with Crippen molar-refractivity contribution < 1.29 is 19.1 Å². The number of nitrogens with zero attached hydrogens (tertiary/aromatic N) is 4. The van der Waals surface area contributed by atoms with Crippen LogP contribution in [0.2, 0.25) is 10.0 Å². The zero-order chi connectivity index (χ0) is 30.1. The highest BCUT2D eigenvalue weighted by atomic mass is 35.5. The summed E-state index contributed by atoms with van der Waals surface area (Å²) < 4.78 is 12.6. The number of amidine groups is 1. The lowest BCUT2D eigenvalue weighted by atomic mass is 9.70. The predicted molar refractivity (Wildman–Crippen MR) is 162 cm³/mol. The smallest absolute Gasteiger partial charge is 0.330 e. The molecule has 0 radical (unpaired) electrons. The standard InChI is InChI=1S/C32H34Cl2N4O4/c1-18(2)42-24-17-31(4,41-6)27-28-32(24,5)29-35-25(20-7-11-22(33)12-8-20)26(21-9-13-23(34)14-10-21)38(29)30(40)37(28)16-15-36(27)19(3)39/h7-14,17-18,25-26H,15-16H2,1-6H3/t25-,26+,31?,32?/m0/s1. The number of carbonyl (C=O) groups is 2. The minimum atomic E-state index is -1.02. The number of carbonyl (C=O) groups excluding carboxylic acids is 2. The summed E-state index contributed by atoms with van der Waals surface area (Å²) in [7, 11) is 1.61. The molecule has 0 spiro atoms. The van der Waals surface area contributed by atoms with Crippen LogP contribution in [0.5, 0.6) is 0 Å². The van der Waals surface area contributed by atoms with E-state index in [1.165, 1.54) is 6.92 Å². The maximum absolute atomic E-state index is 14.7. The predicted octanol–water partition coefficient (Wildman–Crippen LogP) is 6.73. The summed E-state index contributed by atoms with van der Waals surface area (Å²) in [6.07, 6.45) is 1.78. The molecule has 0 aromatic heterocycles. The Kier molecular flexibility index (Phi) is 6.95. The van der Waals surface area contributed by atoms with Gasteiger partial charge in [0, 0.05) is 37.2 Å². The van der Waals surface area contributed by atoms with Crippen molar-refractivity contribution in [1.82, 2.24) is 14.7 Å². The summed E-state index contributed by atoms with van der Waals surface area (Å²) in [5, 5.41) is 1.22. The molecule has 1 saturated heterocycles. The van der Waals surface area contributed by atoms with E-state index in [0.29, 0.717) is 46.1 Å². The van der Waals surface area contributed by atoms with E-state index in [1.807, 2.05) is 82.3 Å². The Morgan fingerprint density at radius 3 is 2.12 bits per heavy atom. The minimum absolute atomic E-state index is 0.120. The Hall–Kier alpha value is -3.33. The molecule has 0 saturated carbocycles. The van der Waals surface area contributed by atoms with E-state index >= 15 is 0 Å². The van der Waals surface area contributed by atoms with Crippen LogP contribution in [0.1, 0.15) is 57.8 Å². The summed E-state index contributed by atoms with van der Waals surface area (Å²) in [4.78, 5) is 38.3. The molecule has 8 nitrogen and oxygen atoms in total. The first-order valence-electron chi connectivity index (χ1n) is 14.1. The Labute approximate surface area is 256 Å². The number of rotatable bonds is 5. The summed E-state index contributed by atoms with van der Waals surface area (Å²) in [6.45, 7) is 10.1. The molecule has 2 unspecified atom stereocenters. The van der Waals surface area contributed by atoms with E-state index in [4.69, 9.17) is 37.7 Å². The SMILES string of the molecule is COC1(C)C=C(OC(C)C)C2(C)C3=N[C@@H](c4ccc(Cl)cc4)[C@@H](c4ccc(Cl)cc4)N3C(=O)N3CCN(C(C)=O)C1=C32. The molecule has 42 heavy (non-hydrogen) atoms. The van der Waals surface area contributed by atoms with Gasteiger partial charge in [-0.1, -0.05) is 47.5 Å².